The summed E-state index contributed by atoms with van der Waals surface area (Å²) in [5.74, 6) is -0.509. The summed E-state index contributed by atoms with van der Waals surface area (Å²) in [5.41, 5.74) is 5.95. The van der Waals surface area contributed by atoms with Gasteiger partial charge in [-0.05, 0) is 43.3 Å². The largest absolute Gasteiger partial charge is 0.494 e. The molecule has 3 amide bonds. The van der Waals surface area contributed by atoms with E-state index >= 15 is 0 Å². The van der Waals surface area contributed by atoms with Gasteiger partial charge in [-0.1, -0.05) is 0 Å². The van der Waals surface area contributed by atoms with Gasteiger partial charge >= 0.3 is 0 Å². The first kappa shape index (κ1) is 17.6. The molecule has 0 spiro atoms. The van der Waals surface area contributed by atoms with Crippen LogP contribution in [0.25, 0.3) is 0 Å². The second-order valence-electron chi connectivity index (χ2n) is 5.59. The van der Waals surface area contributed by atoms with Gasteiger partial charge < -0.3 is 4.74 Å². The summed E-state index contributed by atoms with van der Waals surface area (Å²) in [6.45, 7) is 2.40. The first-order chi connectivity index (χ1) is 12.6. The van der Waals surface area contributed by atoms with Crippen molar-refractivity contribution in [3.05, 3.63) is 54.4 Å². The number of benzene rings is 1. The number of aromatic nitrogens is 1. The second-order valence-corrected chi connectivity index (χ2v) is 5.59. The monoisotopic (exact) mass is 354 g/mol. The Bertz CT molecular complexity index is 808. The molecule has 0 saturated carbocycles. The lowest BCUT2D eigenvalue weighted by Crippen LogP contribution is -2.48. The maximum atomic E-state index is 12.5. The lowest BCUT2D eigenvalue weighted by Gasteiger charge is -2.16. The van der Waals surface area contributed by atoms with Gasteiger partial charge in [0.05, 0.1) is 18.7 Å². The van der Waals surface area contributed by atoms with E-state index in [1.807, 2.05) is 6.92 Å². The topological polar surface area (TPSA) is 101 Å². The Morgan fingerprint density at radius 2 is 1.88 bits per heavy atom. The van der Waals surface area contributed by atoms with Crippen LogP contribution in [-0.2, 0) is 9.59 Å². The molecule has 1 aliphatic rings. The number of rotatable bonds is 6. The molecule has 134 valence electrons. The third kappa shape index (κ3) is 3.70. The number of hydrogen-bond acceptors (Lipinski definition) is 6. The number of ether oxygens (including phenoxy) is 1. The normalized spacial score (nSPS) is 16.7. The minimum Gasteiger partial charge on any atom is -0.494 e. The van der Waals surface area contributed by atoms with Gasteiger partial charge in [0.25, 0.3) is 11.8 Å². The predicted octanol–water partition coefficient (Wildman–Crippen LogP) is 1.05. The molecule has 26 heavy (non-hydrogen) atoms. The van der Waals surface area contributed by atoms with Crippen molar-refractivity contribution in [3.63, 3.8) is 0 Å². The quantitative estimate of drug-likeness (QED) is 0.594. The zero-order chi connectivity index (χ0) is 18.5. The molecule has 8 heteroatoms. The summed E-state index contributed by atoms with van der Waals surface area (Å²) < 4.78 is 5.35. The summed E-state index contributed by atoms with van der Waals surface area (Å²) in [7, 11) is 0. The van der Waals surface area contributed by atoms with Gasteiger partial charge in [-0.3, -0.25) is 24.8 Å². The maximum Gasteiger partial charge on any atom is 0.265 e. The van der Waals surface area contributed by atoms with Crippen LogP contribution in [-0.4, -0.2) is 35.4 Å². The van der Waals surface area contributed by atoms with Crippen LogP contribution >= 0.6 is 0 Å². The number of amides is 3. The average Bonchev–Trinajstić information content (AvgIpc) is 2.95. The Morgan fingerprint density at radius 1 is 1.19 bits per heavy atom. The summed E-state index contributed by atoms with van der Waals surface area (Å²) in [6, 6.07) is 8.98. The molecule has 0 aliphatic carbocycles. The molecule has 2 N–H and O–H groups in total. The molecule has 0 unspecified atom stereocenters. The van der Waals surface area contributed by atoms with E-state index < -0.39 is 17.9 Å². The van der Waals surface area contributed by atoms with Crippen molar-refractivity contribution in [1.82, 2.24) is 15.8 Å². The van der Waals surface area contributed by atoms with Gasteiger partial charge in [0.15, 0.2) is 0 Å². The summed E-state index contributed by atoms with van der Waals surface area (Å²) >= 11 is 0. The summed E-state index contributed by atoms with van der Waals surface area (Å²) in [4.78, 5) is 41.7. The van der Waals surface area contributed by atoms with Gasteiger partial charge in [0.2, 0.25) is 5.91 Å². The molecule has 8 nitrogen and oxygen atoms in total. The molecule has 1 aromatic heterocycles. The highest BCUT2D eigenvalue weighted by molar-refractivity contribution is 6.22. The van der Waals surface area contributed by atoms with Crippen molar-refractivity contribution < 1.29 is 19.1 Å². The van der Waals surface area contributed by atoms with Crippen LogP contribution < -0.4 is 20.5 Å². The standard InChI is InChI=1S/C18H18N4O4/c1-2-26-14-5-3-13(4-6-14)22-16(23)11-15(18(22)25)20-21-17(24)12-7-9-19-10-8-12/h3-10,15,20H,2,11H2,1H3,(H,21,24)/t15-/m1/s1. The molecule has 1 aliphatic heterocycles. The molecule has 0 bridgehead atoms. The van der Waals surface area contributed by atoms with Crippen LogP contribution in [0.4, 0.5) is 5.69 Å². The van der Waals surface area contributed by atoms with E-state index in [9.17, 15) is 14.4 Å². The molecule has 1 aromatic carbocycles. The Morgan fingerprint density at radius 3 is 2.54 bits per heavy atom. The van der Waals surface area contributed by atoms with Gasteiger partial charge in [0.1, 0.15) is 11.8 Å². The first-order valence-electron chi connectivity index (χ1n) is 8.15. The molecular formula is C18H18N4O4. The number of imide groups is 1. The fourth-order valence-electron chi connectivity index (χ4n) is 2.60. The van der Waals surface area contributed by atoms with Crippen LogP contribution in [0.2, 0.25) is 0 Å². The predicted molar refractivity (Wildman–Crippen MR) is 93.3 cm³/mol. The van der Waals surface area contributed by atoms with Crippen molar-refractivity contribution in [2.75, 3.05) is 11.5 Å². The fourth-order valence-corrected chi connectivity index (χ4v) is 2.60. The average molecular weight is 354 g/mol. The van der Waals surface area contributed by atoms with E-state index in [1.165, 1.54) is 12.4 Å². The van der Waals surface area contributed by atoms with E-state index in [0.29, 0.717) is 23.6 Å². The van der Waals surface area contributed by atoms with Crippen LogP contribution in [0, 0.1) is 0 Å². The molecule has 3 rings (SSSR count). The van der Waals surface area contributed by atoms with Crippen molar-refractivity contribution in [3.8, 4) is 5.75 Å². The summed E-state index contributed by atoms with van der Waals surface area (Å²) in [6.07, 6.45) is 2.95. The lowest BCUT2D eigenvalue weighted by atomic mass is 10.2. The van der Waals surface area contributed by atoms with E-state index in [0.717, 1.165) is 4.90 Å². The third-order valence-corrected chi connectivity index (χ3v) is 3.85. The zero-order valence-corrected chi connectivity index (χ0v) is 14.1. The molecule has 0 radical (unpaired) electrons. The van der Waals surface area contributed by atoms with Crippen molar-refractivity contribution in [2.24, 2.45) is 0 Å². The first-order valence-corrected chi connectivity index (χ1v) is 8.15. The van der Waals surface area contributed by atoms with Gasteiger partial charge in [0, 0.05) is 18.0 Å². The van der Waals surface area contributed by atoms with Crippen LogP contribution in [0.3, 0.4) is 0 Å². The van der Waals surface area contributed by atoms with Crippen LogP contribution in [0.5, 0.6) is 5.75 Å². The molecule has 2 aromatic rings. The maximum absolute atomic E-state index is 12.5. The number of hydrazine groups is 1. The van der Waals surface area contributed by atoms with Crippen LogP contribution in [0.15, 0.2) is 48.8 Å². The van der Waals surface area contributed by atoms with E-state index in [-0.39, 0.29) is 12.3 Å². The number of hydrogen-bond donors (Lipinski definition) is 2. The Hall–Kier alpha value is -3.26. The number of pyridine rings is 1. The van der Waals surface area contributed by atoms with Crippen LogP contribution in [0.1, 0.15) is 23.7 Å². The molecule has 2 heterocycles. The highest BCUT2D eigenvalue weighted by atomic mass is 16.5. The van der Waals surface area contributed by atoms with Gasteiger partial charge in [-0.15, -0.1) is 0 Å². The Balaban J connectivity index is 1.64. The number of anilines is 1. The smallest absolute Gasteiger partial charge is 0.265 e. The highest BCUT2D eigenvalue weighted by Gasteiger charge is 2.39. The van der Waals surface area contributed by atoms with Crippen molar-refractivity contribution in [1.29, 1.82) is 0 Å². The van der Waals surface area contributed by atoms with Gasteiger partial charge in [-0.25, -0.2) is 10.3 Å². The second kappa shape index (κ2) is 7.75. The van der Waals surface area contributed by atoms with Crippen molar-refractivity contribution >= 4 is 23.4 Å². The lowest BCUT2D eigenvalue weighted by molar-refractivity contribution is -0.121. The number of carbonyl (C=O) groups is 3. The molecule has 1 fully saturated rings. The SMILES string of the molecule is CCOc1ccc(N2C(=O)C[C@@H](NNC(=O)c3ccncc3)C2=O)cc1. The third-order valence-electron chi connectivity index (χ3n) is 3.85. The molecular weight excluding hydrogens is 336 g/mol. The fraction of sp³-hybridized carbons (Fsp3) is 0.222. The zero-order valence-electron chi connectivity index (χ0n) is 14.1. The van der Waals surface area contributed by atoms with E-state index in [4.69, 9.17) is 4.74 Å². The number of nitrogens with zero attached hydrogens (tertiary/aromatic N) is 2. The molecule has 1 saturated heterocycles. The number of nitrogens with one attached hydrogen (secondary N) is 2. The van der Waals surface area contributed by atoms with Gasteiger partial charge in [-0.2, -0.15) is 0 Å². The molecule has 1 atom stereocenters. The van der Waals surface area contributed by atoms with Crippen molar-refractivity contribution in [2.45, 2.75) is 19.4 Å². The summed E-state index contributed by atoms with van der Waals surface area (Å²) in [5, 5.41) is 0. The van der Waals surface area contributed by atoms with E-state index in [2.05, 4.69) is 15.8 Å². The number of carbonyl (C=O) groups excluding carboxylic acids is 3. The minimum absolute atomic E-state index is 0.0390. The Kier molecular flexibility index (Phi) is 5.23. The Labute approximate surface area is 150 Å². The minimum atomic E-state index is -0.820. The highest BCUT2D eigenvalue weighted by Crippen LogP contribution is 2.25. The van der Waals surface area contributed by atoms with E-state index in [1.54, 1.807) is 36.4 Å².